The molecule has 1 aliphatic rings. The first-order valence-electron chi connectivity index (χ1n) is 9.15. The Labute approximate surface area is 153 Å². The first-order valence-corrected chi connectivity index (χ1v) is 9.15. The van der Waals surface area contributed by atoms with Gasteiger partial charge in [0.05, 0.1) is 11.9 Å². The topological polar surface area (TPSA) is 69.7 Å². The van der Waals surface area contributed by atoms with E-state index < -0.39 is 0 Å². The Morgan fingerprint density at radius 1 is 1.23 bits per heavy atom. The number of benzene rings is 1. The van der Waals surface area contributed by atoms with Gasteiger partial charge in [-0.1, -0.05) is 29.8 Å². The van der Waals surface area contributed by atoms with Gasteiger partial charge in [-0.2, -0.15) is 10.2 Å². The van der Waals surface area contributed by atoms with E-state index in [-0.39, 0.29) is 0 Å². The lowest BCUT2D eigenvalue weighted by molar-refractivity contribution is 0.419. The Kier molecular flexibility index (Phi) is 4.93. The van der Waals surface area contributed by atoms with Crippen LogP contribution in [0.1, 0.15) is 24.0 Å². The molecule has 1 aromatic carbocycles. The second kappa shape index (κ2) is 7.66. The maximum Gasteiger partial charge on any atom is 0.151 e. The number of hydrogen-bond acceptors (Lipinski definition) is 5. The molecule has 0 spiro atoms. The van der Waals surface area contributed by atoms with Crippen LogP contribution in [-0.4, -0.2) is 39.5 Å². The summed E-state index contributed by atoms with van der Waals surface area (Å²) >= 11 is 0. The lowest BCUT2D eigenvalue weighted by atomic mass is 10.0. The highest BCUT2D eigenvalue weighted by Crippen LogP contribution is 2.22. The molecule has 1 atom stereocenters. The van der Waals surface area contributed by atoms with Crippen molar-refractivity contribution in [1.82, 2.24) is 25.7 Å². The molecule has 2 aromatic heterocycles. The Bertz CT molecular complexity index is 827. The van der Waals surface area contributed by atoms with Gasteiger partial charge in [-0.05, 0) is 37.5 Å². The van der Waals surface area contributed by atoms with E-state index in [9.17, 15) is 0 Å². The lowest BCUT2D eigenvalue weighted by Crippen LogP contribution is -2.45. The number of nitrogens with zero attached hydrogens (tertiary/aromatic N) is 4. The van der Waals surface area contributed by atoms with Crippen LogP contribution in [0.2, 0.25) is 0 Å². The van der Waals surface area contributed by atoms with Crippen LogP contribution in [0, 0.1) is 6.92 Å². The summed E-state index contributed by atoms with van der Waals surface area (Å²) in [5.41, 5.74) is 4.73. The van der Waals surface area contributed by atoms with Gasteiger partial charge in [0.1, 0.15) is 0 Å². The highest BCUT2D eigenvalue weighted by Gasteiger charge is 2.21. The van der Waals surface area contributed by atoms with E-state index in [1.807, 2.05) is 18.3 Å². The molecule has 0 amide bonds. The molecule has 1 fully saturated rings. The molecule has 0 saturated carbocycles. The first kappa shape index (κ1) is 16.7. The maximum atomic E-state index is 4.25. The molecule has 6 nitrogen and oxygen atoms in total. The summed E-state index contributed by atoms with van der Waals surface area (Å²) in [6.07, 6.45) is 5.97. The molecule has 0 bridgehead atoms. The maximum absolute atomic E-state index is 4.25. The van der Waals surface area contributed by atoms with Gasteiger partial charge in [-0.3, -0.25) is 5.10 Å². The Balaban J connectivity index is 1.40. The van der Waals surface area contributed by atoms with Crippen LogP contribution in [0.3, 0.4) is 0 Å². The van der Waals surface area contributed by atoms with Crippen molar-refractivity contribution in [2.45, 2.75) is 32.4 Å². The zero-order valence-electron chi connectivity index (χ0n) is 15.0. The van der Waals surface area contributed by atoms with Crippen molar-refractivity contribution < 1.29 is 0 Å². The number of piperidine rings is 1. The van der Waals surface area contributed by atoms with E-state index in [0.717, 1.165) is 37.6 Å². The molecule has 26 heavy (non-hydrogen) atoms. The van der Waals surface area contributed by atoms with E-state index in [1.54, 1.807) is 6.20 Å². The van der Waals surface area contributed by atoms with Crippen LogP contribution >= 0.6 is 0 Å². The van der Waals surface area contributed by atoms with E-state index in [1.165, 1.54) is 23.1 Å². The first-order chi connectivity index (χ1) is 12.8. The number of anilines is 1. The minimum absolute atomic E-state index is 0.437. The molecule has 0 radical (unpaired) electrons. The summed E-state index contributed by atoms with van der Waals surface area (Å²) in [4.78, 5) is 2.31. The number of aryl methyl sites for hydroxylation is 1. The van der Waals surface area contributed by atoms with Crippen LogP contribution in [0.4, 0.5) is 5.82 Å². The van der Waals surface area contributed by atoms with Crippen LogP contribution < -0.4 is 10.2 Å². The molecular formula is C20H24N6. The zero-order chi connectivity index (χ0) is 17.8. The van der Waals surface area contributed by atoms with Crippen LogP contribution in [0.25, 0.3) is 11.3 Å². The Hall–Kier alpha value is -2.73. The van der Waals surface area contributed by atoms with Crippen LogP contribution in [-0.2, 0) is 6.54 Å². The lowest BCUT2D eigenvalue weighted by Gasteiger charge is -2.33. The van der Waals surface area contributed by atoms with E-state index in [4.69, 9.17) is 0 Å². The predicted molar refractivity (Wildman–Crippen MR) is 103 cm³/mol. The SMILES string of the molecule is Cc1ccc(-c2[nH]ncc2CN[C@@H]2CCCN(c3cccnn3)C2)cc1. The second-order valence-electron chi connectivity index (χ2n) is 6.88. The molecule has 1 saturated heterocycles. The summed E-state index contributed by atoms with van der Waals surface area (Å²) in [6.45, 7) is 4.90. The van der Waals surface area contributed by atoms with Crippen LogP contribution in [0.5, 0.6) is 0 Å². The minimum Gasteiger partial charge on any atom is -0.354 e. The Morgan fingerprint density at radius 3 is 2.92 bits per heavy atom. The van der Waals surface area contributed by atoms with Gasteiger partial charge < -0.3 is 10.2 Å². The van der Waals surface area contributed by atoms with Crippen molar-refractivity contribution in [2.24, 2.45) is 0 Å². The normalized spacial score (nSPS) is 17.4. The van der Waals surface area contributed by atoms with Gasteiger partial charge in [0.15, 0.2) is 5.82 Å². The molecule has 3 aromatic rings. The van der Waals surface area contributed by atoms with Crippen molar-refractivity contribution >= 4 is 5.82 Å². The van der Waals surface area contributed by atoms with Crippen molar-refractivity contribution in [2.75, 3.05) is 18.0 Å². The van der Waals surface area contributed by atoms with Crippen molar-refractivity contribution in [3.05, 3.63) is 59.9 Å². The molecule has 1 aliphatic heterocycles. The standard InChI is InChI=1S/C20H24N6/c1-15-6-8-16(9-7-15)20-17(13-23-25-20)12-21-18-4-3-11-26(14-18)19-5-2-10-22-24-19/h2,5-10,13,18,21H,3-4,11-12,14H2,1H3,(H,23,25)/t18-/m1/s1. The van der Waals surface area contributed by atoms with E-state index in [2.05, 4.69) is 61.8 Å². The summed E-state index contributed by atoms with van der Waals surface area (Å²) in [5.74, 6) is 0.961. The summed E-state index contributed by atoms with van der Waals surface area (Å²) in [6, 6.07) is 13.0. The highest BCUT2D eigenvalue weighted by atomic mass is 15.3. The fraction of sp³-hybridized carbons (Fsp3) is 0.350. The van der Waals surface area contributed by atoms with Gasteiger partial charge in [-0.25, -0.2) is 0 Å². The third-order valence-electron chi connectivity index (χ3n) is 4.94. The largest absolute Gasteiger partial charge is 0.354 e. The molecule has 134 valence electrons. The smallest absolute Gasteiger partial charge is 0.151 e. The monoisotopic (exact) mass is 348 g/mol. The molecule has 0 unspecified atom stereocenters. The predicted octanol–water partition coefficient (Wildman–Crippen LogP) is 2.93. The number of aromatic amines is 1. The summed E-state index contributed by atoms with van der Waals surface area (Å²) in [7, 11) is 0. The number of nitrogens with one attached hydrogen (secondary N) is 2. The van der Waals surface area contributed by atoms with Gasteiger partial charge in [-0.15, -0.1) is 5.10 Å². The van der Waals surface area contributed by atoms with E-state index in [0.29, 0.717) is 6.04 Å². The summed E-state index contributed by atoms with van der Waals surface area (Å²) < 4.78 is 0. The van der Waals surface area contributed by atoms with Crippen molar-refractivity contribution in [1.29, 1.82) is 0 Å². The molecule has 2 N–H and O–H groups in total. The Morgan fingerprint density at radius 2 is 2.12 bits per heavy atom. The average Bonchev–Trinajstić information content (AvgIpc) is 3.16. The van der Waals surface area contributed by atoms with Crippen LogP contribution in [0.15, 0.2) is 48.8 Å². The van der Waals surface area contributed by atoms with Gasteiger partial charge in [0.25, 0.3) is 0 Å². The molecule has 6 heteroatoms. The van der Waals surface area contributed by atoms with Crippen molar-refractivity contribution in [3.8, 4) is 11.3 Å². The minimum atomic E-state index is 0.437. The van der Waals surface area contributed by atoms with Gasteiger partial charge >= 0.3 is 0 Å². The second-order valence-corrected chi connectivity index (χ2v) is 6.88. The number of rotatable bonds is 5. The fourth-order valence-electron chi connectivity index (χ4n) is 3.48. The molecule has 4 rings (SSSR count). The molecule has 0 aliphatic carbocycles. The molecule has 3 heterocycles. The zero-order valence-corrected chi connectivity index (χ0v) is 15.0. The number of H-pyrrole nitrogens is 1. The third-order valence-corrected chi connectivity index (χ3v) is 4.94. The van der Waals surface area contributed by atoms with Crippen molar-refractivity contribution in [3.63, 3.8) is 0 Å². The van der Waals surface area contributed by atoms with Gasteiger partial charge in [0.2, 0.25) is 0 Å². The molecular weight excluding hydrogens is 324 g/mol. The fourth-order valence-corrected chi connectivity index (χ4v) is 3.48. The highest BCUT2D eigenvalue weighted by molar-refractivity contribution is 5.62. The average molecular weight is 348 g/mol. The quantitative estimate of drug-likeness (QED) is 0.742. The summed E-state index contributed by atoms with van der Waals surface area (Å²) in [5, 5.41) is 19.3. The number of hydrogen-bond donors (Lipinski definition) is 2. The third kappa shape index (κ3) is 3.75. The van der Waals surface area contributed by atoms with Gasteiger partial charge in [0, 0.05) is 37.4 Å². The van der Waals surface area contributed by atoms with E-state index >= 15 is 0 Å². The number of aromatic nitrogens is 4.